The Morgan fingerprint density at radius 1 is 1.22 bits per heavy atom. The lowest BCUT2D eigenvalue weighted by atomic mass is 10.2. The van der Waals surface area contributed by atoms with Crippen LogP contribution in [0.3, 0.4) is 0 Å². The molecule has 0 radical (unpaired) electrons. The van der Waals surface area contributed by atoms with Gasteiger partial charge < -0.3 is 9.73 Å². The number of nitrogens with one attached hydrogen (secondary N) is 1. The molecular weight excluding hydrogens is 446 g/mol. The van der Waals surface area contributed by atoms with Gasteiger partial charge in [-0.25, -0.2) is 0 Å². The zero-order valence-corrected chi connectivity index (χ0v) is 18.6. The Morgan fingerprint density at radius 2 is 2.03 bits per heavy atom. The predicted molar refractivity (Wildman–Crippen MR) is 123 cm³/mol. The van der Waals surface area contributed by atoms with E-state index in [-0.39, 0.29) is 10.9 Å². The largest absolute Gasteiger partial charge is 0.461 e. The number of hydrogen-bond acceptors (Lipinski definition) is 6. The molecule has 0 spiro atoms. The summed E-state index contributed by atoms with van der Waals surface area (Å²) in [6.07, 6.45) is 1.59. The van der Waals surface area contributed by atoms with Crippen molar-refractivity contribution in [2.45, 2.75) is 23.9 Å². The molecular formula is C23H18ClN5O2S. The summed E-state index contributed by atoms with van der Waals surface area (Å²) in [5, 5.41) is 20.9. The summed E-state index contributed by atoms with van der Waals surface area (Å²) in [4.78, 5) is 12.8. The number of furan rings is 1. The average molecular weight is 464 g/mol. The standard InChI is InChI=1S/C23H18ClN5O2S/c1-15(22(30)26-18-10-9-17(13-25)19(24)12-18)32-23-28-27-21(20-8-5-11-31-20)29(23)14-16-6-3-2-4-7-16/h2-12,15H,14H2,1H3,(H,26,30). The first kappa shape index (κ1) is 21.7. The second-order valence-corrected chi connectivity index (χ2v) is 8.63. The van der Waals surface area contributed by atoms with Crippen LogP contribution in [0.2, 0.25) is 5.02 Å². The Bertz CT molecular complexity index is 1270. The van der Waals surface area contributed by atoms with Gasteiger partial charge in [-0.3, -0.25) is 9.36 Å². The van der Waals surface area contributed by atoms with Crippen LogP contribution in [0.5, 0.6) is 0 Å². The van der Waals surface area contributed by atoms with Gasteiger partial charge in [-0.15, -0.1) is 10.2 Å². The molecule has 2 aromatic carbocycles. The topological polar surface area (TPSA) is 96.7 Å². The number of thioether (sulfide) groups is 1. The van der Waals surface area contributed by atoms with E-state index in [9.17, 15) is 4.79 Å². The third-order valence-electron chi connectivity index (χ3n) is 4.65. The number of nitrogens with zero attached hydrogens (tertiary/aromatic N) is 4. The molecule has 7 nitrogen and oxygen atoms in total. The lowest BCUT2D eigenvalue weighted by Crippen LogP contribution is -2.23. The number of hydrogen-bond donors (Lipinski definition) is 1. The molecule has 32 heavy (non-hydrogen) atoms. The van der Waals surface area contributed by atoms with Gasteiger partial charge in [0.1, 0.15) is 6.07 Å². The molecule has 1 unspecified atom stereocenters. The number of rotatable bonds is 7. The highest BCUT2D eigenvalue weighted by molar-refractivity contribution is 8.00. The average Bonchev–Trinajstić information content (AvgIpc) is 3.45. The molecule has 0 bridgehead atoms. The summed E-state index contributed by atoms with van der Waals surface area (Å²) >= 11 is 7.36. The van der Waals surface area contributed by atoms with Crippen LogP contribution in [0.1, 0.15) is 18.1 Å². The lowest BCUT2D eigenvalue weighted by Gasteiger charge is -2.14. The molecule has 9 heteroatoms. The fourth-order valence-electron chi connectivity index (χ4n) is 3.01. The summed E-state index contributed by atoms with van der Waals surface area (Å²) in [5.41, 5.74) is 1.95. The van der Waals surface area contributed by atoms with Gasteiger partial charge in [0, 0.05) is 5.69 Å². The van der Waals surface area contributed by atoms with E-state index in [1.54, 1.807) is 37.5 Å². The van der Waals surface area contributed by atoms with E-state index < -0.39 is 5.25 Å². The van der Waals surface area contributed by atoms with E-state index in [2.05, 4.69) is 15.5 Å². The van der Waals surface area contributed by atoms with E-state index in [0.29, 0.717) is 34.5 Å². The van der Waals surface area contributed by atoms with Gasteiger partial charge in [-0.2, -0.15) is 5.26 Å². The van der Waals surface area contributed by atoms with Crippen LogP contribution >= 0.6 is 23.4 Å². The van der Waals surface area contributed by atoms with Gasteiger partial charge in [0.25, 0.3) is 0 Å². The molecule has 0 saturated heterocycles. The van der Waals surface area contributed by atoms with Gasteiger partial charge in [0.2, 0.25) is 11.7 Å². The lowest BCUT2D eigenvalue weighted by molar-refractivity contribution is -0.115. The number of carbonyl (C=O) groups excluding carboxylic acids is 1. The fraction of sp³-hybridized carbons (Fsp3) is 0.130. The minimum Gasteiger partial charge on any atom is -0.461 e. The van der Waals surface area contributed by atoms with E-state index in [4.69, 9.17) is 21.3 Å². The summed E-state index contributed by atoms with van der Waals surface area (Å²) in [6.45, 7) is 2.32. The third kappa shape index (κ3) is 4.85. The summed E-state index contributed by atoms with van der Waals surface area (Å²) in [5.74, 6) is 0.974. The highest BCUT2D eigenvalue weighted by atomic mass is 35.5. The highest BCUT2D eigenvalue weighted by Crippen LogP contribution is 2.29. The van der Waals surface area contributed by atoms with Crippen LogP contribution in [0, 0.1) is 11.3 Å². The first-order valence-electron chi connectivity index (χ1n) is 9.73. The van der Waals surface area contributed by atoms with Crippen molar-refractivity contribution in [3.8, 4) is 17.7 Å². The van der Waals surface area contributed by atoms with Crippen LogP contribution in [-0.4, -0.2) is 25.9 Å². The zero-order valence-electron chi connectivity index (χ0n) is 17.0. The smallest absolute Gasteiger partial charge is 0.237 e. The number of aromatic nitrogens is 3. The van der Waals surface area contributed by atoms with Crippen molar-refractivity contribution >= 4 is 35.0 Å². The van der Waals surface area contributed by atoms with Gasteiger partial charge in [-0.1, -0.05) is 53.7 Å². The van der Waals surface area contributed by atoms with Crippen molar-refractivity contribution in [3.05, 3.63) is 83.1 Å². The summed E-state index contributed by atoms with van der Waals surface area (Å²) in [7, 11) is 0. The maximum absolute atomic E-state index is 12.8. The molecule has 2 heterocycles. The highest BCUT2D eigenvalue weighted by Gasteiger charge is 2.22. The van der Waals surface area contributed by atoms with Crippen molar-refractivity contribution in [1.29, 1.82) is 5.26 Å². The van der Waals surface area contributed by atoms with E-state index in [1.165, 1.54) is 11.8 Å². The third-order valence-corrected chi connectivity index (χ3v) is 6.04. The molecule has 0 saturated carbocycles. The molecule has 4 aromatic rings. The molecule has 2 aromatic heterocycles. The normalized spacial score (nSPS) is 11.7. The van der Waals surface area contributed by atoms with Crippen LogP contribution in [-0.2, 0) is 11.3 Å². The molecule has 1 N–H and O–H groups in total. The van der Waals surface area contributed by atoms with Crippen molar-refractivity contribution < 1.29 is 9.21 Å². The molecule has 4 rings (SSSR count). The van der Waals surface area contributed by atoms with Crippen molar-refractivity contribution in [2.75, 3.05) is 5.32 Å². The first-order chi connectivity index (χ1) is 15.5. The Balaban J connectivity index is 1.54. The SMILES string of the molecule is CC(Sc1nnc(-c2ccco2)n1Cc1ccccc1)C(=O)Nc1ccc(C#N)c(Cl)c1. The van der Waals surface area contributed by atoms with Crippen LogP contribution < -0.4 is 5.32 Å². The van der Waals surface area contributed by atoms with Crippen LogP contribution in [0.4, 0.5) is 5.69 Å². The quantitative estimate of drug-likeness (QED) is 0.377. The van der Waals surface area contributed by atoms with E-state index >= 15 is 0 Å². The number of anilines is 1. The zero-order chi connectivity index (χ0) is 22.5. The first-order valence-corrected chi connectivity index (χ1v) is 11.0. The van der Waals surface area contributed by atoms with Gasteiger partial charge in [-0.05, 0) is 42.8 Å². The monoisotopic (exact) mass is 463 g/mol. The van der Waals surface area contributed by atoms with Gasteiger partial charge in [0.05, 0.1) is 28.6 Å². The Labute approximate surface area is 194 Å². The molecule has 0 fully saturated rings. The second kappa shape index (κ2) is 9.73. The maximum atomic E-state index is 12.8. The number of amides is 1. The minimum absolute atomic E-state index is 0.218. The summed E-state index contributed by atoms with van der Waals surface area (Å²) < 4.78 is 7.46. The Kier molecular flexibility index (Phi) is 6.59. The number of carbonyl (C=O) groups is 1. The number of benzene rings is 2. The molecule has 1 atom stereocenters. The molecule has 1 amide bonds. The number of nitriles is 1. The molecule has 0 aliphatic rings. The number of halogens is 1. The van der Waals surface area contributed by atoms with Crippen molar-refractivity contribution in [1.82, 2.24) is 14.8 Å². The van der Waals surface area contributed by atoms with Crippen molar-refractivity contribution in [2.24, 2.45) is 0 Å². The summed E-state index contributed by atoms with van der Waals surface area (Å²) in [6, 6.07) is 20.3. The maximum Gasteiger partial charge on any atom is 0.237 e. The predicted octanol–water partition coefficient (Wildman–Crippen LogP) is 5.23. The van der Waals surface area contributed by atoms with Crippen LogP contribution in [0.25, 0.3) is 11.6 Å². The Hall–Kier alpha value is -3.54. The Morgan fingerprint density at radius 3 is 2.72 bits per heavy atom. The second-order valence-electron chi connectivity index (χ2n) is 6.91. The molecule has 0 aliphatic heterocycles. The van der Waals surface area contributed by atoms with Gasteiger partial charge in [0.15, 0.2) is 10.9 Å². The minimum atomic E-state index is -0.465. The van der Waals surface area contributed by atoms with Crippen molar-refractivity contribution in [3.63, 3.8) is 0 Å². The molecule has 160 valence electrons. The molecule has 0 aliphatic carbocycles. The van der Waals surface area contributed by atoms with E-state index in [0.717, 1.165) is 5.56 Å². The van der Waals surface area contributed by atoms with E-state index in [1.807, 2.05) is 47.0 Å². The fourth-order valence-corrected chi connectivity index (χ4v) is 4.08. The van der Waals surface area contributed by atoms with Gasteiger partial charge >= 0.3 is 0 Å². The van der Waals surface area contributed by atoms with Crippen LogP contribution in [0.15, 0.2) is 76.5 Å².